The predicted octanol–water partition coefficient (Wildman–Crippen LogP) is 1.37. The SMILES string of the molecule is CC(C)C1(O)CN(C(=O)c2ccc(O)cc2F)C1. The van der Waals surface area contributed by atoms with Gasteiger partial charge in [0, 0.05) is 6.07 Å². The van der Waals surface area contributed by atoms with Crippen LogP contribution in [0.1, 0.15) is 24.2 Å². The highest BCUT2D eigenvalue weighted by atomic mass is 19.1. The lowest BCUT2D eigenvalue weighted by atomic mass is 9.82. The first kappa shape index (κ1) is 12.8. The fraction of sp³-hybridized carbons (Fsp3) is 0.462. The first-order chi connectivity index (χ1) is 8.33. The van der Waals surface area contributed by atoms with E-state index in [2.05, 4.69) is 0 Å². The number of carbonyl (C=O) groups is 1. The zero-order valence-electron chi connectivity index (χ0n) is 10.4. The molecule has 0 aliphatic carbocycles. The molecule has 98 valence electrons. The second-order valence-electron chi connectivity index (χ2n) is 5.08. The van der Waals surface area contributed by atoms with Crippen LogP contribution in [0, 0.1) is 11.7 Å². The van der Waals surface area contributed by atoms with Crippen molar-refractivity contribution in [1.82, 2.24) is 4.90 Å². The fourth-order valence-electron chi connectivity index (χ4n) is 1.97. The second-order valence-corrected chi connectivity index (χ2v) is 5.08. The Bertz CT molecular complexity index is 481. The fourth-order valence-corrected chi connectivity index (χ4v) is 1.97. The summed E-state index contributed by atoms with van der Waals surface area (Å²) in [4.78, 5) is 13.4. The summed E-state index contributed by atoms with van der Waals surface area (Å²) >= 11 is 0. The first-order valence-corrected chi connectivity index (χ1v) is 5.83. The molecule has 5 heteroatoms. The van der Waals surface area contributed by atoms with E-state index in [1.807, 2.05) is 13.8 Å². The lowest BCUT2D eigenvalue weighted by Gasteiger charge is -2.49. The standard InChI is InChI=1S/C13H16FNO3/c1-8(2)13(18)6-15(7-13)12(17)10-4-3-9(16)5-11(10)14/h3-5,8,16,18H,6-7H2,1-2H3. The number of halogens is 1. The molecular weight excluding hydrogens is 237 g/mol. The van der Waals surface area contributed by atoms with Crippen LogP contribution in [0.4, 0.5) is 4.39 Å². The predicted molar refractivity (Wildman–Crippen MR) is 63.8 cm³/mol. The minimum atomic E-state index is -0.872. The molecule has 0 unspecified atom stereocenters. The molecule has 1 saturated heterocycles. The van der Waals surface area contributed by atoms with Crippen LogP contribution in [0.2, 0.25) is 0 Å². The van der Waals surface area contributed by atoms with Crippen LogP contribution in [0.15, 0.2) is 18.2 Å². The Morgan fingerprint density at radius 2 is 2.06 bits per heavy atom. The number of hydrogen-bond acceptors (Lipinski definition) is 3. The van der Waals surface area contributed by atoms with E-state index in [0.717, 1.165) is 6.07 Å². The van der Waals surface area contributed by atoms with Crippen LogP contribution in [-0.2, 0) is 0 Å². The van der Waals surface area contributed by atoms with E-state index in [9.17, 15) is 14.3 Å². The van der Waals surface area contributed by atoms with E-state index >= 15 is 0 Å². The van der Waals surface area contributed by atoms with Crippen LogP contribution in [-0.4, -0.2) is 39.7 Å². The number of rotatable bonds is 2. The third-order valence-electron chi connectivity index (χ3n) is 3.47. The van der Waals surface area contributed by atoms with Gasteiger partial charge in [-0.2, -0.15) is 0 Å². The zero-order valence-corrected chi connectivity index (χ0v) is 10.4. The van der Waals surface area contributed by atoms with Gasteiger partial charge in [-0.15, -0.1) is 0 Å². The molecule has 2 N–H and O–H groups in total. The minimum absolute atomic E-state index is 0.0474. The maximum absolute atomic E-state index is 13.5. The van der Waals surface area contributed by atoms with Crippen molar-refractivity contribution < 1.29 is 19.4 Å². The van der Waals surface area contributed by atoms with E-state index in [1.165, 1.54) is 17.0 Å². The Morgan fingerprint density at radius 3 is 2.56 bits per heavy atom. The molecule has 1 heterocycles. The molecule has 1 aliphatic heterocycles. The summed E-state index contributed by atoms with van der Waals surface area (Å²) < 4.78 is 13.5. The van der Waals surface area contributed by atoms with Gasteiger partial charge in [-0.1, -0.05) is 13.8 Å². The Morgan fingerprint density at radius 1 is 1.44 bits per heavy atom. The highest BCUT2D eigenvalue weighted by Gasteiger charge is 2.46. The van der Waals surface area contributed by atoms with Gasteiger partial charge in [-0.05, 0) is 18.1 Å². The van der Waals surface area contributed by atoms with Gasteiger partial charge >= 0.3 is 0 Å². The topological polar surface area (TPSA) is 60.8 Å². The Hall–Kier alpha value is -1.62. The summed E-state index contributed by atoms with van der Waals surface area (Å²) in [5, 5.41) is 19.1. The third kappa shape index (κ3) is 2.06. The molecule has 18 heavy (non-hydrogen) atoms. The summed E-state index contributed by atoms with van der Waals surface area (Å²) in [7, 11) is 0. The second kappa shape index (κ2) is 4.24. The van der Waals surface area contributed by atoms with Crippen LogP contribution in [0.3, 0.4) is 0 Å². The van der Waals surface area contributed by atoms with E-state index in [-0.39, 0.29) is 30.3 Å². The number of nitrogens with zero attached hydrogens (tertiary/aromatic N) is 1. The number of aliphatic hydroxyl groups is 1. The molecule has 2 rings (SSSR count). The quantitative estimate of drug-likeness (QED) is 0.837. The average Bonchev–Trinajstić information content (AvgIpc) is 2.23. The summed E-state index contributed by atoms with van der Waals surface area (Å²) in [5.41, 5.74) is -0.957. The zero-order chi connectivity index (χ0) is 13.5. The minimum Gasteiger partial charge on any atom is -0.508 e. The lowest BCUT2D eigenvalue weighted by Crippen LogP contribution is -2.66. The van der Waals surface area contributed by atoms with Gasteiger partial charge in [0.15, 0.2) is 0 Å². The molecule has 0 aromatic heterocycles. The number of carbonyl (C=O) groups excluding carboxylic acids is 1. The van der Waals surface area contributed by atoms with Gasteiger partial charge in [0.2, 0.25) is 0 Å². The number of likely N-dealkylation sites (tertiary alicyclic amines) is 1. The van der Waals surface area contributed by atoms with Crippen LogP contribution >= 0.6 is 0 Å². The third-order valence-corrected chi connectivity index (χ3v) is 3.47. The smallest absolute Gasteiger partial charge is 0.257 e. The highest BCUT2D eigenvalue weighted by Crippen LogP contribution is 2.30. The number of amides is 1. The van der Waals surface area contributed by atoms with Gasteiger partial charge in [-0.25, -0.2) is 4.39 Å². The number of benzene rings is 1. The van der Waals surface area contributed by atoms with Gasteiger partial charge < -0.3 is 15.1 Å². The molecular formula is C13H16FNO3. The summed E-state index contributed by atoms with van der Waals surface area (Å²) in [6, 6.07) is 3.42. The van der Waals surface area contributed by atoms with Crippen molar-refractivity contribution in [2.75, 3.05) is 13.1 Å². The van der Waals surface area contributed by atoms with E-state index in [4.69, 9.17) is 5.11 Å². The van der Waals surface area contributed by atoms with Crippen molar-refractivity contribution in [3.63, 3.8) is 0 Å². The molecule has 0 atom stereocenters. The van der Waals surface area contributed by atoms with E-state index in [0.29, 0.717) is 0 Å². The molecule has 4 nitrogen and oxygen atoms in total. The molecule has 1 fully saturated rings. The monoisotopic (exact) mass is 253 g/mol. The number of aromatic hydroxyl groups is 1. The first-order valence-electron chi connectivity index (χ1n) is 5.83. The summed E-state index contributed by atoms with van der Waals surface area (Å²) in [5.74, 6) is -1.38. The van der Waals surface area contributed by atoms with Crippen LogP contribution in [0.25, 0.3) is 0 Å². The highest BCUT2D eigenvalue weighted by molar-refractivity contribution is 5.95. The maximum atomic E-state index is 13.5. The average molecular weight is 253 g/mol. The van der Waals surface area contributed by atoms with Crippen LogP contribution in [0.5, 0.6) is 5.75 Å². The van der Waals surface area contributed by atoms with Gasteiger partial charge in [-0.3, -0.25) is 4.79 Å². The number of β-amino-alcohol motifs (C(OH)–C–C–N with tert-alkyl or cyclic N) is 1. The van der Waals surface area contributed by atoms with Crippen molar-refractivity contribution >= 4 is 5.91 Å². The largest absolute Gasteiger partial charge is 0.508 e. The molecule has 1 aromatic rings. The number of phenols is 1. The number of phenolic OH excluding ortho intramolecular Hbond substituents is 1. The number of hydrogen-bond donors (Lipinski definition) is 2. The van der Waals surface area contributed by atoms with Crippen molar-refractivity contribution in [1.29, 1.82) is 0 Å². The van der Waals surface area contributed by atoms with Crippen molar-refractivity contribution in [3.05, 3.63) is 29.6 Å². The lowest BCUT2D eigenvalue weighted by molar-refractivity contribution is -0.111. The van der Waals surface area contributed by atoms with Crippen molar-refractivity contribution in [2.24, 2.45) is 5.92 Å². The maximum Gasteiger partial charge on any atom is 0.257 e. The Balaban J connectivity index is 2.11. The molecule has 1 aromatic carbocycles. The van der Waals surface area contributed by atoms with Crippen molar-refractivity contribution in [2.45, 2.75) is 19.4 Å². The van der Waals surface area contributed by atoms with E-state index in [1.54, 1.807) is 0 Å². The molecule has 0 radical (unpaired) electrons. The normalized spacial score (nSPS) is 17.7. The van der Waals surface area contributed by atoms with Crippen molar-refractivity contribution in [3.8, 4) is 5.75 Å². The van der Waals surface area contributed by atoms with Gasteiger partial charge in [0.1, 0.15) is 17.2 Å². The van der Waals surface area contributed by atoms with E-state index < -0.39 is 17.3 Å². The molecule has 0 bridgehead atoms. The Labute approximate surface area is 105 Å². The van der Waals surface area contributed by atoms with Gasteiger partial charge in [0.05, 0.1) is 18.7 Å². The Kier molecular flexibility index (Phi) is 3.02. The molecule has 0 spiro atoms. The summed E-state index contributed by atoms with van der Waals surface area (Å²) in [6.45, 7) is 4.18. The summed E-state index contributed by atoms with van der Waals surface area (Å²) in [6.07, 6.45) is 0. The molecule has 1 amide bonds. The molecule has 0 saturated carbocycles. The molecule has 1 aliphatic rings. The van der Waals surface area contributed by atoms with Crippen LogP contribution < -0.4 is 0 Å². The van der Waals surface area contributed by atoms with Gasteiger partial charge in [0.25, 0.3) is 5.91 Å².